The molecule has 2 unspecified atom stereocenters. The maximum Gasteiger partial charge on any atom is 0.411 e. The number of ether oxygens (including phenoxy) is 4. The van der Waals surface area contributed by atoms with Crippen molar-refractivity contribution in [1.29, 1.82) is 5.26 Å². The molecule has 5 aromatic rings. The molecule has 0 bridgehead atoms. The third kappa shape index (κ3) is 9.91. The van der Waals surface area contributed by atoms with Crippen LogP contribution in [0.2, 0.25) is 10.0 Å². The highest BCUT2D eigenvalue weighted by Gasteiger charge is 2.39. The monoisotopic (exact) mass is 833 g/mol. The van der Waals surface area contributed by atoms with Crippen molar-refractivity contribution in [2.45, 2.75) is 70.6 Å². The number of aliphatic carboxylic acids is 1. The van der Waals surface area contributed by atoms with E-state index in [0.29, 0.717) is 45.0 Å². The standard InChI is InChI=1S/C46H41Cl2N3O8/c1-46(2,3)59-45(55)51-24-34-22-41-40(57-26-42(58-41)32-13-15-35(16-14-32)56-25-29-8-17-36(47)37(48)18-29)21-33(34)20-39(51)43(52)50-38(44(53)54)19-27-4-9-30(10-5-27)31-11-6-28(23-49)7-12-31/h4-18,21-22,38-39,42H,19-20,24-26H2,1-3H3,(H,50,52)(H,53,54)/t38-,39?,42?/m0/s1. The molecule has 13 heteroatoms. The third-order valence-corrected chi connectivity index (χ3v) is 10.7. The summed E-state index contributed by atoms with van der Waals surface area (Å²) in [5, 5.41) is 22.9. The number of nitrogens with one attached hydrogen (secondary N) is 1. The van der Waals surface area contributed by atoms with Crippen LogP contribution in [0, 0.1) is 11.3 Å². The first-order valence-corrected chi connectivity index (χ1v) is 19.7. The maximum absolute atomic E-state index is 14.0. The summed E-state index contributed by atoms with van der Waals surface area (Å²) in [4.78, 5) is 41.5. The third-order valence-electron chi connectivity index (χ3n) is 9.98. The van der Waals surface area contributed by atoms with Gasteiger partial charge < -0.3 is 29.4 Å². The number of benzene rings is 5. The van der Waals surface area contributed by atoms with E-state index in [-0.39, 0.29) is 26.0 Å². The van der Waals surface area contributed by atoms with E-state index < -0.39 is 41.8 Å². The molecule has 2 aliphatic heterocycles. The minimum Gasteiger partial charge on any atom is -0.489 e. The molecule has 2 aliphatic rings. The van der Waals surface area contributed by atoms with Gasteiger partial charge in [-0.05, 0) is 108 Å². The van der Waals surface area contributed by atoms with E-state index in [0.717, 1.165) is 33.4 Å². The summed E-state index contributed by atoms with van der Waals surface area (Å²) in [6.45, 7) is 5.78. The van der Waals surface area contributed by atoms with Crippen molar-refractivity contribution in [2.75, 3.05) is 6.61 Å². The molecule has 11 nitrogen and oxygen atoms in total. The number of carboxylic acid groups (broad SMARTS) is 1. The molecule has 2 amide bonds. The lowest BCUT2D eigenvalue weighted by molar-refractivity contribution is -0.142. The highest BCUT2D eigenvalue weighted by Crippen LogP contribution is 2.41. The van der Waals surface area contributed by atoms with Crippen LogP contribution in [0.4, 0.5) is 4.79 Å². The second-order valence-corrected chi connectivity index (χ2v) is 16.2. The molecule has 0 radical (unpaired) electrons. The van der Waals surface area contributed by atoms with Crippen molar-refractivity contribution in [3.05, 3.63) is 147 Å². The number of carbonyl (C=O) groups is 3. The van der Waals surface area contributed by atoms with E-state index in [9.17, 15) is 19.5 Å². The van der Waals surface area contributed by atoms with E-state index in [2.05, 4.69) is 11.4 Å². The van der Waals surface area contributed by atoms with Gasteiger partial charge in [0.1, 0.15) is 36.6 Å². The molecular formula is C46H41Cl2N3O8. The van der Waals surface area contributed by atoms with Gasteiger partial charge in [-0.15, -0.1) is 0 Å². The normalized spacial score (nSPS) is 16.2. The van der Waals surface area contributed by atoms with E-state index in [4.69, 9.17) is 47.4 Å². The Kier molecular flexibility index (Phi) is 12.0. The summed E-state index contributed by atoms with van der Waals surface area (Å²) in [5.41, 5.74) is 5.46. The van der Waals surface area contributed by atoms with Crippen molar-refractivity contribution in [3.63, 3.8) is 0 Å². The summed E-state index contributed by atoms with van der Waals surface area (Å²) in [5.74, 6) is -0.185. The van der Waals surface area contributed by atoms with Crippen LogP contribution in [0.5, 0.6) is 17.2 Å². The zero-order chi connectivity index (χ0) is 41.8. The number of carboxylic acids is 1. The minimum absolute atomic E-state index is 0.0127. The van der Waals surface area contributed by atoms with Crippen LogP contribution in [0.1, 0.15) is 60.3 Å². The number of rotatable bonds is 10. The molecule has 59 heavy (non-hydrogen) atoms. The summed E-state index contributed by atoms with van der Waals surface area (Å²) in [7, 11) is 0. The van der Waals surface area contributed by atoms with Gasteiger partial charge in [0.2, 0.25) is 5.91 Å². The summed E-state index contributed by atoms with van der Waals surface area (Å²) < 4.78 is 24.3. The van der Waals surface area contributed by atoms with Crippen LogP contribution in [0.25, 0.3) is 11.1 Å². The van der Waals surface area contributed by atoms with Gasteiger partial charge in [-0.1, -0.05) is 77.8 Å². The quantitative estimate of drug-likeness (QED) is 0.141. The van der Waals surface area contributed by atoms with E-state index in [1.165, 1.54) is 4.90 Å². The fourth-order valence-electron chi connectivity index (χ4n) is 6.91. The fourth-order valence-corrected chi connectivity index (χ4v) is 7.23. The lowest BCUT2D eigenvalue weighted by Gasteiger charge is -2.38. The van der Waals surface area contributed by atoms with Crippen LogP contribution >= 0.6 is 23.2 Å². The smallest absolute Gasteiger partial charge is 0.411 e. The van der Waals surface area contributed by atoms with Gasteiger partial charge >= 0.3 is 12.1 Å². The molecule has 2 heterocycles. The van der Waals surface area contributed by atoms with Crippen LogP contribution < -0.4 is 19.5 Å². The Hall–Kier alpha value is -6.22. The fraction of sp³-hybridized carbons (Fsp3) is 0.261. The zero-order valence-electron chi connectivity index (χ0n) is 32.5. The van der Waals surface area contributed by atoms with Gasteiger partial charge in [0.15, 0.2) is 17.6 Å². The minimum atomic E-state index is -1.27. The number of amides is 2. The van der Waals surface area contributed by atoms with Gasteiger partial charge in [-0.3, -0.25) is 9.69 Å². The van der Waals surface area contributed by atoms with E-state index in [1.54, 1.807) is 57.2 Å². The number of halogens is 2. The summed E-state index contributed by atoms with van der Waals surface area (Å²) in [6.07, 6.45) is -1.02. The molecule has 0 spiro atoms. The Morgan fingerprint density at radius 3 is 2.19 bits per heavy atom. The number of fused-ring (bicyclic) bond motifs is 2. The van der Waals surface area contributed by atoms with Crippen LogP contribution in [0.15, 0.2) is 103 Å². The van der Waals surface area contributed by atoms with Crippen molar-refractivity contribution >= 4 is 41.2 Å². The molecule has 7 rings (SSSR count). The van der Waals surface area contributed by atoms with Crippen molar-refractivity contribution in [3.8, 4) is 34.4 Å². The highest BCUT2D eigenvalue weighted by molar-refractivity contribution is 6.42. The molecule has 0 aliphatic carbocycles. The van der Waals surface area contributed by atoms with Gasteiger partial charge in [0, 0.05) is 12.8 Å². The molecule has 0 saturated carbocycles. The van der Waals surface area contributed by atoms with Crippen molar-refractivity contribution in [2.24, 2.45) is 0 Å². The van der Waals surface area contributed by atoms with Gasteiger partial charge in [-0.2, -0.15) is 5.26 Å². The average molecular weight is 835 g/mol. The highest BCUT2D eigenvalue weighted by atomic mass is 35.5. The first-order valence-electron chi connectivity index (χ1n) is 19.0. The summed E-state index contributed by atoms with van der Waals surface area (Å²) in [6, 6.07) is 30.8. The molecule has 0 aromatic heterocycles. The lowest BCUT2D eigenvalue weighted by Crippen LogP contribution is -2.56. The number of hydrogen-bond acceptors (Lipinski definition) is 8. The SMILES string of the molecule is CC(C)(C)OC(=O)N1Cc2cc3c(cc2CC1C(=O)N[C@@H](Cc1ccc(-c2ccc(C#N)cc2)cc1)C(=O)O)OCC(c1ccc(OCc2ccc(Cl)c(Cl)c2)cc1)O3. The maximum atomic E-state index is 14.0. The van der Waals surface area contributed by atoms with Crippen LogP contribution in [0.3, 0.4) is 0 Å². The predicted octanol–water partition coefficient (Wildman–Crippen LogP) is 9.10. The molecule has 302 valence electrons. The number of nitrogens with zero attached hydrogens (tertiary/aromatic N) is 2. The average Bonchev–Trinajstić information content (AvgIpc) is 3.22. The lowest BCUT2D eigenvalue weighted by atomic mass is 9.92. The topological polar surface area (TPSA) is 147 Å². The molecule has 3 atom stereocenters. The Morgan fingerprint density at radius 1 is 0.881 bits per heavy atom. The van der Waals surface area contributed by atoms with Gasteiger partial charge in [0.05, 0.1) is 28.2 Å². The Labute approximate surface area is 352 Å². The van der Waals surface area contributed by atoms with Gasteiger partial charge in [-0.25, -0.2) is 9.59 Å². The predicted molar refractivity (Wildman–Crippen MR) is 222 cm³/mol. The number of hydrogen-bond donors (Lipinski definition) is 2. The number of carbonyl (C=O) groups excluding carboxylic acids is 2. The number of nitriles is 1. The zero-order valence-corrected chi connectivity index (χ0v) is 34.0. The molecule has 0 fully saturated rings. The Bertz CT molecular complexity index is 2410. The van der Waals surface area contributed by atoms with E-state index >= 15 is 0 Å². The van der Waals surface area contributed by atoms with Crippen LogP contribution in [-0.4, -0.2) is 52.3 Å². The molecule has 0 saturated heterocycles. The van der Waals surface area contributed by atoms with E-state index in [1.807, 2.05) is 66.7 Å². The van der Waals surface area contributed by atoms with Crippen LogP contribution in [-0.2, 0) is 40.3 Å². The first-order chi connectivity index (χ1) is 28.2. The largest absolute Gasteiger partial charge is 0.489 e. The van der Waals surface area contributed by atoms with Crippen molar-refractivity contribution < 1.29 is 38.4 Å². The molecule has 5 aromatic carbocycles. The molecule has 2 N–H and O–H groups in total. The second-order valence-electron chi connectivity index (χ2n) is 15.4. The first kappa shape index (κ1) is 41.0. The molecular weight excluding hydrogens is 793 g/mol. The Morgan fingerprint density at radius 2 is 1.54 bits per heavy atom. The Balaban J connectivity index is 1.04. The van der Waals surface area contributed by atoms with Crippen molar-refractivity contribution in [1.82, 2.24) is 10.2 Å². The second kappa shape index (κ2) is 17.3. The van der Waals surface area contributed by atoms with Gasteiger partial charge in [0.25, 0.3) is 0 Å². The summed E-state index contributed by atoms with van der Waals surface area (Å²) >= 11 is 12.2.